The predicted molar refractivity (Wildman–Crippen MR) is 165 cm³/mol. The molecule has 0 heterocycles. The second kappa shape index (κ2) is 13.6. The van der Waals surface area contributed by atoms with Crippen LogP contribution in [0.4, 0.5) is 0 Å². The molecular formula is C35H34O8. The van der Waals surface area contributed by atoms with E-state index >= 15 is 0 Å². The van der Waals surface area contributed by atoms with Crippen LogP contribution in [0.2, 0.25) is 0 Å². The molecule has 43 heavy (non-hydrogen) atoms. The van der Waals surface area contributed by atoms with Gasteiger partial charge < -0.3 is 18.9 Å². The van der Waals surface area contributed by atoms with E-state index in [1.165, 1.54) is 45.9 Å². The van der Waals surface area contributed by atoms with Crippen LogP contribution in [0.5, 0.6) is 23.0 Å². The molecule has 0 aliphatic rings. The third kappa shape index (κ3) is 7.54. The maximum absolute atomic E-state index is 12.9. The number of fused-ring (bicyclic) bond motifs is 1. The van der Waals surface area contributed by atoms with Crippen LogP contribution < -0.4 is 18.9 Å². The summed E-state index contributed by atoms with van der Waals surface area (Å²) >= 11 is 0. The summed E-state index contributed by atoms with van der Waals surface area (Å²) in [6.45, 7) is 22.5. The Balaban J connectivity index is 2.56. The van der Waals surface area contributed by atoms with Gasteiger partial charge in [-0.1, -0.05) is 63.9 Å². The van der Waals surface area contributed by atoms with Crippen molar-refractivity contribution < 1.29 is 38.1 Å². The van der Waals surface area contributed by atoms with E-state index in [1.54, 1.807) is 0 Å². The molecule has 0 atom stereocenters. The maximum atomic E-state index is 12.9. The minimum atomic E-state index is -0.788. The molecule has 0 unspecified atom stereocenters. The first-order valence-electron chi connectivity index (χ1n) is 13.5. The highest BCUT2D eigenvalue weighted by molar-refractivity contribution is 6.10. The van der Waals surface area contributed by atoms with Gasteiger partial charge in [-0.25, -0.2) is 19.2 Å². The zero-order valence-electron chi connectivity index (χ0n) is 25.1. The Morgan fingerprint density at radius 3 is 1.67 bits per heavy atom. The minimum absolute atomic E-state index is 0.0848. The van der Waals surface area contributed by atoms with Crippen LogP contribution in [0.3, 0.4) is 0 Å². The van der Waals surface area contributed by atoms with E-state index in [0.717, 1.165) is 18.4 Å². The van der Waals surface area contributed by atoms with Gasteiger partial charge in [0.1, 0.15) is 0 Å². The van der Waals surface area contributed by atoms with Crippen molar-refractivity contribution in [2.24, 2.45) is 0 Å². The van der Waals surface area contributed by atoms with Crippen LogP contribution in [0.1, 0.15) is 46.6 Å². The van der Waals surface area contributed by atoms with Crippen LogP contribution in [0.25, 0.3) is 21.9 Å². The Hall–Kier alpha value is -5.24. The normalized spacial score (nSPS) is 10.4. The lowest BCUT2D eigenvalue weighted by molar-refractivity contribution is -0.132. The van der Waals surface area contributed by atoms with E-state index in [4.69, 9.17) is 18.9 Å². The van der Waals surface area contributed by atoms with Gasteiger partial charge in [-0.3, -0.25) is 0 Å². The molecule has 0 fully saturated rings. The summed E-state index contributed by atoms with van der Waals surface area (Å²) in [4.78, 5) is 51.0. The van der Waals surface area contributed by atoms with Crippen molar-refractivity contribution >= 4 is 34.6 Å². The molecular weight excluding hydrogens is 548 g/mol. The molecule has 0 bridgehead atoms. The second-order valence-electron chi connectivity index (χ2n) is 10.2. The standard InChI is InChI=1S/C35H34O8/c1-10-12-23-13-11-14-24(17-23)26-18-28(41-33(37)20(4)5)30(42-34(38)21(6)7)25-15-16-27(40-32(36)19(2)3)31(29(25)26)43-35(39)22(8)9/h11,13-18H,2,4,6,8,10,12H2,1,3,5,7,9H3. The number of carbonyl (C=O) groups excluding carboxylic acids is 4. The van der Waals surface area contributed by atoms with Gasteiger partial charge in [0, 0.05) is 33.1 Å². The molecule has 0 amide bonds. The number of ether oxygens (including phenoxy) is 4. The highest BCUT2D eigenvalue weighted by Crippen LogP contribution is 2.49. The summed E-state index contributed by atoms with van der Waals surface area (Å²) in [5.41, 5.74) is 2.52. The summed E-state index contributed by atoms with van der Waals surface area (Å²) in [5.74, 6) is -3.54. The molecule has 3 aromatic rings. The van der Waals surface area contributed by atoms with Crippen LogP contribution in [-0.2, 0) is 25.6 Å². The molecule has 0 radical (unpaired) electrons. The highest BCUT2D eigenvalue weighted by atomic mass is 16.6. The van der Waals surface area contributed by atoms with Crippen molar-refractivity contribution in [3.8, 4) is 34.1 Å². The van der Waals surface area contributed by atoms with Crippen molar-refractivity contribution in [2.75, 3.05) is 0 Å². The third-order valence-electron chi connectivity index (χ3n) is 6.10. The molecule has 8 heteroatoms. The lowest BCUT2D eigenvalue weighted by Gasteiger charge is -2.20. The van der Waals surface area contributed by atoms with Crippen molar-refractivity contribution in [2.45, 2.75) is 47.5 Å². The number of aryl methyl sites for hydroxylation is 1. The molecule has 222 valence electrons. The van der Waals surface area contributed by atoms with Gasteiger partial charge in [-0.2, -0.15) is 0 Å². The molecule has 0 spiro atoms. The Morgan fingerprint density at radius 2 is 1.14 bits per heavy atom. The van der Waals surface area contributed by atoms with Crippen molar-refractivity contribution in [3.05, 3.63) is 96.6 Å². The molecule has 0 aliphatic heterocycles. The Morgan fingerprint density at radius 1 is 0.628 bits per heavy atom. The number of esters is 4. The average Bonchev–Trinajstić information content (AvgIpc) is 2.94. The van der Waals surface area contributed by atoms with E-state index in [1.807, 2.05) is 24.3 Å². The van der Waals surface area contributed by atoms with Crippen molar-refractivity contribution in [1.82, 2.24) is 0 Å². The molecule has 3 aromatic carbocycles. The zero-order valence-corrected chi connectivity index (χ0v) is 25.1. The summed E-state index contributed by atoms with van der Waals surface area (Å²) in [6.07, 6.45) is 1.68. The van der Waals surface area contributed by atoms with Crippen LogP contribution in [0, 0.1) is 0 Å². The number of hydrogen-bond acceptors (Lipinski definition) is 8. The maximum Gasteiger partial charge on any atom is 0.338 e. The van der Waals surface area contributed by atoms with Gasteiger partial charge in [0.2, 0.25) is 0 Å². The molecule has 0 saturated heterocycles. The van der Waals surface area contributed by atoms with Crippen LogP contribution in [0.15, 0.2) is 91.1 Å². The smallest absolute Gasteiger partial charge is 0.338 e. The quantitative estimate of drug-likeness (QED) is 0.131. The summed E-state index contributed by atoms with van der Waals surface area (Å²) in [7, 11) is 0. The van der Waals surface area contributed by atoms with Crippen LogP contribution >= 0.6 is 0 Å². The number of rotatable bonds is 11. The summed E-state index contributed by atoms with van der Waals surface area (Å²) in [6, 6.07) is 12.0. The summed E-state index contributed by atoms with van der Waals surface area (Å²) < 4.78 is 22.7. The fourth-order valence-electron chi connectivity index (χ4n) is 3.93. The van der Waals surface area contributed by atoms with E-state index in [9.17, 15) is 19.2 Å². The Kier molecular flexibility index (Phi) is 10.2. The van der Waals surface area contributed by atoms with Gasteiger partial charge in [-0.05, 0) is 69.0 Å². The van der Waals surface area contributed by atoms with E-state index < -0.39 is 23.9 Å². The SMILES string of the molecule is C=C(C)C(=O)Oc1cc(-c2cccc(CCC)c2)c2c(OC(=O)C(=C)C)c(OC(=O)C(=C)C)ccc2c1OC(=O)C(=C)C. The molecule has 8 nitrogen and oxygen atoms in total. The number of carbonyl (C=O) groups is 4. The van der Waals surface area contributed by atoms with Crippen molar-refractivity contribution in [3.63, 3.8) is 0 Å². The van der Waals surface area contributed by atoms with Gasteiger partial charge in [-0.15, -0.1) is 0 Å². The molecule has 0 aliphatic carbocycles. The lowest BCUT2D eigenvalue weighted by atomic mass is 9.94. The average molecular weight is 583 g/mol. The monoisotopic (exact) mass is 582 g/mol. The van der Waals surface area contributed by atoms with E-state index in [-0.39, 0.29) is 56.1 Å². The Labute approximate surface area is 250 Å². The largest absolute Gasteiger partial charge is 0.419 e. The van der Waals surface area contributed by atoms with Crippen LogP contribution in [-0.4, -0.2) is 23.9 Å². The molecule has 3 rings (SSSR count). The van der Waals surface area contributed by atoms with Gasteiger partial charge >= 0.3 is 23.9 Å². The van der Waals surface area contributed by atoms with E-state index in [0.29, 0.717) is 11.1 Å². The Bertz CT molecular complexity index is 1710. The van der Waals surface area contributed by atoms with E-state index in [2.05, 4.69) is 33.2 Å². The molecule has 0 N–H and O–H groups in total. The fourth-order valence-corrected chi connectivity index (χ4v) is 3.93. The highest BCUT2D eigenvalue weighted by Gasteiger charge is 2.27. The number of hydrogen-bond donors (Lipinski definition) is 0. The third-order valence-corrected chi connectivity index (χ3v) is 6.10. The first-order valence-corrected chi connectivity index (χ1v) is 13.5. The minimum Gasteiger partial charge on any atom is -0.419 e. The molecule has 0 saturated carbocycles. The molecule has 0 aromatic heterocycles. The van der Waals surface area contributed by atoms with Gasteiger partial charge in [0.25, 0.3) is 0 Å². The lowest BCUT2D eigenvalue weighted by Crippen LogP contribution is -2.15. The zero-order chi connectivity index (χ0) is 32.0. The fraction of sp³-hybridized carbons (Fsp3) is 0.200. The van der Waals surface area contributed by atoms with Crippen molar-refractivity contribution in [1.29, 1.82) is 0 Å². The first kappa shape index (κ1) is 32.3. The number of benzene rings is 3. The van der Waals surface area contributed by atoms with Gasteiger partial charge in [0.15, 0.2) is 23.0 Å². The van der Waals surface area contributed by atoms with Gasteiger partial charge in [0.05, 0.1) is 0 Å². The topological polar surface area (TPSA) is 105 Å². The predicted octanol–water partition coefficient (Wildman–Crippen LogP) is 7.39. The summed E-state index contributed by atoms with van der Waals surface area (Å²) in [5, 5.41) is 0.465. The second-order valence-corrected chi connectivity index (χ2v) is 10.2. The first-order chi connectivity index (χ1) is 20.2.